The first-order chi connectivity index (χ1) is 12.9. The highest BCUT2D eigenvalue weighted by Crippen LogP contribution is 2.19. The van der Waals surface area contributed by atoms with E-state index in [-0.39, 0.29) is 5.91 Å². The van der Waals surface area contributed by atoms with Gasteiger partial charge < -0.3 is 24.2 Å². The number of aryl methyl sites for hydroxylation is 1. The number of methoxy groups -OCH3 is 1. The molecule has 0 spiro atoms. The molecule has 2 heterocycles. The summed E-state index contributed by atoms with van der Waals surface area (Å²) in [5, 5.41) is 11.3. The number of likely N-dealkylation sites (N-methyl/N-ethyl adjacent to an activating group) is 1. The van der Waals surface area contributed by atoms with Crippen LogP contribution in [0.25, 0.3) is 0 Å². The Labute approximate surface area is 160 Å². The van der Waals surface area contributed by atoms with Gasteiger partial charge in [0.15, 0.2) is 0 Å². The van der Waals surface area contributed by atoms with Crippen molar-refractivity contribution in [2.75, 3.05) is 40.3 Å². The van der Waals surface area contributed by atoms with Crippen LogP contribution in [0.4, 0.5) is 0 Å². The molecule has 1 saturated heterocycles. The van der Waals surface area contributed by atoms with Crippen LogP contribution in [0.1, 0.15) is 11.4 Å². The van der Waals surface area contributed by atoms with Gasteiger partial charge in [-0.1, -0.05) is 12.1 Å². The van der Waals surface area contributed by atoms with Crippen LogP contribution < -0.4 is 4.74 Å². The van der Waals surface area contributed by atoms with E-state index in [1.165, 1.54) is 0 Å². The van der Waals surface area contributed by atoms with Crippen LogP contribution in [0.5, 0.6) is 5.75 Å². The summed E-state index contributed by atoms with van der Waals surface area (Å²) in [6.07, 6.45) is 3.90. The van der Waals surface area contributed by atoms with Crippen molar-refractivity contribution in [3.8, 4) is 5.75 Å². The lowest BCUT2D eigenvalue weighted by Crippen LogP contribution is -2.50. The number of hydrogen-bond acceptors (Lipinski definition) is 5. The maximum atomic E-state index is 12.9. The zero-order chi connectivity index (χ0) is 19.4. The van der Waals surface area contributed by atoms with Crippen LogP contribution in [-0.4, -0.2) is 76.3 Å². The zero-order valence-corrected chi connectivity index (χ0v) is 16.3. The third-order valence-corrected chi connectivity index (χ3v) is 5.06. The summed E-state index contributed by atoms with van der Waals surface area (Å²) in [5.74, 6) is 1.65. The minimum Gasteiger partial charge on any atom is -0.497 e. The van der Waals surface area contributed by atoms with Crippen LogP contribution >= 0.6 is 0 Å². The predicted molar refractivity (Wildman–Crippen MR) is 103 cm³/mol. The summed E-state index contributed by atoms with van der Waals surface area (Å²) in [5.41, 5.74) is -0.0841. The van der Waals surface area contributed by atoms with Gasteiger partial charge in [0.05, 0.1) is 26.6 Å². The molecule has 1 aliphatic rings. The van der Waals surface area contributed by atoms with Crippen LogP contribution in [-0.2, 0) is 17.8 Å². The normalized spacial score (nSPS) is 21.1. The van der Waals surface area contributed by atoms with Crippen LogP contribution in [0.3, 0.4) is 0 Å². The zero-order valence-electron chi connectivity index (χ0n) is 16.3. The molecule has 1 aliphatic heterocycles. The highest BCUT2D eigenvalue weighted by Gasteiger charge is 2.36. The summed E-state index contributed by atoms with van der Waals surface area (Å²) in [7, 11) is 3.60. The molecule has 0 radical (unpaired) electrons. The summed E-state index contributed by atoms with van der Waals surface area (Å²) >= 11 is 0. The number of hydrogen-bond donors (Lipinski definition) is 1. The first-order valence-corrected chi connectivity index (χ1v) is 9.18. The maximum Gasteiger partial charge on any atom is 0.227 e. The van der Waals surface area contributed by atoms with E-state index < -0.39 is 5.60 Å². The lowest BCUT2D eigenvalue weighted by atomic mass is 10.0. The fraction of sp³-hybridized carbons (Fsp3) is 0.500. The van der Waals surface area contributed by atoms with E-state index in [1.54, 1.807) is 18.2 Å². The molecule has 7 heteroatoms. The Balaban J connectivity index is 1.71. The second-order valence-corrected chi connectivity index (χ2v) is 7.40. The smallest absolute Gasteiger partial charge is 0.227 e. The number of aliphatic hydroxyl groups is 1. The van der Waals surface area contributed by atoms with Crippen molar-refractivity contribution in [2.45, 2.75) is 25.5 Å². The van der Waals surface area contributed by atoms with Crippen molar-refractivity contribution in [3.05, 3.63) is 48.0 Å². The van der Waals surface area contributed by atoms with Crippen molar-refractivity contribution in [1.82, 2.24) is 19.4 Å². The Bertz CT molecular complexity index is 774. The van der Waals surface area contributed by atoms with Gasteiger partial charge in [-0.3, -0.25) is 4.79 Å². The number of carbonyl (C=O) groups excluding carboxylic acids is 1. The molecule has 7 nitrogen and oxygen atoms in total. The summed E-state index contributed by atoms with van der Waals surface area (Å²) in [4.78, 5) is 21.0. The lowest BCUT2D eigenvalue weighted by molar-refractivity contribution is -0.133. The number of imidazole rings is 1. The molecule has 0 bridgehead atoms. The summed E-state index contributed by atoms with van der Waals surface area (Å²) < 4.78 is 7.10. The standard InChI is InChI=1S/C20H28N4O3/c1-16-21-8-9-23(16)14-20(26)13-22(2)10-11-24(15-20)19(25)12-17-4-6-18(27-3)7-5-17/h4-9,26H,10-15H2,1-3H3/t20-/m0/s1. The Morgan fingerprint density at radius 3 is 2.63 bits per heavy atom. The predicted octanol–water partition coefficient (Wildman–Crippen LogP) is 0.948. The maximum absolute atomic E-state index is 12.9. The van der Waals surface area contributed by atoms with Crippen LogP contribution in [0, 0.1) is 6.92 Å². The van der Waals surface area contributed by atoms with Crippen molar-refractivity contribution in [3.63, 3.8) is 0 Å². The van der Waals surface area contributed by atoms with Crippen molar-refractivity contribution in [2.24, 2.45) is 0 Å². The molecule has 1 N–H and O–H groups in total. The highest BCUT2D eigenvalue weighted by atomic mass is 16.5. The average molecular weight is 372 g/mol. The van der Waals surface area contributed by atoms with Gasteiger partial charge in [-0.25, -0.2) is 4.98 Å². The van der Waals surface area contributed by atoms with Gasteiger partial charge >= 0.3 is 0 Å². The second kappa shape index (κ2) is 8.10. The molecule has 1 atom stereocenters. The van der Waals surface area contributed by atoms with Crippen LogP contribution in [0.15, 0.2) is 36.7 Å². The number of carbonyl (C=O) groups is 1. The van der Waals surface area contributed by atoms with E-state index in [0.29, 0.717) is 32.6 Å². The number of ether oxygens (including phenoxy) is 1. The molecule has 27 heavy (non-hydrogen) atoms. The number of aromatic nitrogens is 2. The Morgan fingerprint density at radius 2 is 2.00 bits per heavy atom. The van der Waals surface area contributed by atoms with E-state index in [0.717, 1.165) is 23.7 Å². The minimum absolute atomic E-state index is 0.0243. The molecule has 0 aliphatic carbocycles. The third-order valence-electron chi connectivity index (χ3n) is 5.06. The van der Waals surface area contributed by atoms with Gasteiger partial charge in [0.2, 0.25) is 5.91 Å². The van der Waals surface area contributed by atoms with Gasteiger partial charge in [-0.05, 0) is 31.7 Å². The van der Waals surface area contributed by atoms with Gasteiger partial charge in [0, 0.05) is 32.0 Å². The summed E-state index contributed by atoms with van der Waals surface area (Å²) in [6.45, 7) is 4.49. The van der Waals surface area contributed by atoms with Crippen LogP contribution in [0.2, 0.25) is 0 Å². The lowest BCUT2D eigenvalue weighted by Gasteiger charge is -2.33. The second-order valence-electron chi connectivity index (χ2n) is 7.40. The molecule has 0 unspecified atom stereocenters. The number of β-amino-alcohol motifs (C(OH)–C–C–N with tert-alkyl or cyclic N) is 1. The molecule has 3 rings (SSSR count). The molecule has 1 aromatic heterocycles. The van der Waals surface area contributed by atoms with E-state index in [9.17, 15) is 9.90 Å². The van der Waals surface area contributed by atoms with E-state index >= 15 is 0 Å². The molecular formula is C20H28N4O3. The van der Waals surface area contributed by atoms with Gasteiger partial charge in [0.1, 0.15) is 17.2 Å². The van der Waals surface area contributed by atoms with Gasteiger partial charge in [-0.2, -0.15) is 0 Å². The largest absolute Gasteiger partial charge is 0.497 e. The SMILES string of the molecule is COc1ccc(CC(=O)N2CCN(C)C[C@](O)(Cn3ccnc3C)C2)cc1. The van der Waals surface area contributed by atoms with E-state index in [2.05, 4.69) is 9.88 Å². The molecular weight excluding hydrogens is 344 g/mol. The number of rotatable bonds is 5. The minimum atomic E-state index is -1.02. The molecule has 0 saturated carbocycles. The van der Waals surface area contributed by atoms with Gasteiger partial charge in [0.25, 0.3) is 0 Å². The van der Waals surface area contributed by atoms with Crippen molar-refractivity contribution < 1.29 is 14.6 Å². The summed E-state index contributed by atoms with van der Waals surface area (Å²) in [6, 6.07) is 7.53. The third kappa shape index (κ3) is 4.87. The average Bonchev–Trinajstić information content (AvgIpc) is 2.95. The molecule has 146 valence electrons. The molecule has 1 amide bonds. The number of amides is 1. The molecule has 2 aromatic rings. The Morgan fingerprint density at radius 1 is 1.26 bits per heavy atom. The van der Waals surface area contributed by atoms with E-state index in [4.69, 9.17) is 4.74 Å². The topological polar surface area (TPSA) is 70.8 Å². The van der Waals surface area contributed by atoms with Crippen molar-refractivity contribution >= 4 is 5.91 Å². The Kier molecular flexibility index (Phi) is 5.82. The Hall–Kier alpha value is -2.38. The number of nitrogens with zero attached hydrogens (tertiary/aromatic N) is 4. The van der Waals surface area contributed by atoms with E-state index in [1.807, 2.05) is 49.0 Å². The number of benzene rings is 1. The monoisotopic (exact) mass is 372 g/mol. The van der Waals surface area contributed by atoms with Gasteiger partial charge in [-0.15, -0.1) is 0 Å². The first kappa shape index (κ1) is 19.4. The van der Waals surface area contributed by atoms with Crippen molar-refractivity contribution in [1.29, 1.82) is 0 Å². The fourth-order valence-electron chi connectivity index (χ4n) is 3.59. The quantitative estimate of drug-likeness (QED) is 0.846. The highest BCUT2D eigenvalue weighted by molar-refractivity contribution is 5.79. The fourth-order valence-corrected chi connectivity index (χ4v) is 3.59. The molecule has 1 fully saturated rings. The molecule has 1 aromatic carbocycles. The first-order valence-electron chi connectivity index (χ1n) is 9.18.